The second kappa shape index (κ2) is 12.5. The second-order valence-electron chi connectivity index (χ2n) is 10.8. The van der Waals surface area contributed by atoms with Gasteiger partial charge in [0.2, 0.25) is 11.8 Å². The molecular weight excluding hydrogens is 603 g/mol. The number of hydrogen-bond acceptors (Lipinski definition) is 5. The fourth-order valence-corrected chi connectivity index (χ4v) is 5.52. The summed E-state index contributed by atoms with van der Waals surface area (Å²) >= 11 is 0. The number of likely N-dealkylation sites (tertiary alicyclic amines) is 1. The quantitative estimate of drug-likeness (QED) is 0.354. The number of carbonyl (C=O) groups is 4. The molecule has 238 valence electrons. The number of imide groups is 1. The molecular formula is C29H28F7N3O5. The van der Waals surface area contributed by atoms with Crippen LogP contribution in [0.15, 0.2) is 36.4 Å². The van der Waals surface area contributed by atoms with E-state index in [0.717, 1.165) is 9.80 Å². The molecule has 0 bridgehead atoms. The monoisotopic (exact) mass is 631 g/mol. The van der Waals surface area contributed by atoms with Gasteiger partial charge in [-0.15, -0.1) is 0 Å². The third kappa shape index (κ3) is 7.37. The Morgan fingerprint density at radius 1 is 0.955 bits per heavy atom. The molecule has 2 aliphatic rings. The first-order valence-electron chi connectivity index (χ1n) is 13.4. The van der Waals surface area contributed by atoms with Gasteiger partial charge in [0, 0.05) is 38.5 Å². The first-order chi connectivity index (χ1) is 20.5. The van der Waals surface area contributed by atoms with Gasteiger partial charge in [0.15, 0.2) is 0 Å². The van der Waals surface area contributed by atoms with E-state index in [1.807, 2.05) is 0 Å². The van der Waals surface area contributed by atoms with E-state index in [9.17, 15) is 49.9 Å². The zero-order valence-corrected chi connectivity index (χ0v) is 23.6. The number of aryl methyl sites for hydroxylation is 1. The SMILES string of the molecule is Cc1cc(F)ccc1[C@@H]1CN(C(=O)CN2C(=O)COCC2=O)CC[C@H]1C(=O)N(C)Cc1cc(C(F)(F)F)cc(C(F)(F)F)c1. The first kappa shape index (κ1) is 32.9. The zero-order chi connectivity index (χ0) is 32.6. The molecule has 8 nitrogen and oxygen atoms in total. The maximum atomic E-state index is 13.9. The summed E-state index contributed by atoms with van der Waals surface area (Å²) in [7, 11) is 1.25. The van der Waals surface area contributed by atoms with Crippen molar-refractivity contribution >= 4 is 23.6 Å². The highest BCUT2D eigenvalue weighted by Crippen LogP contribution is 2.38. The second-order valence-corrected chi connectivity index (χ2v) is 10.8. The summed E-state index contributed by atoms with van der Waals surface area (Å²) in [5, 5.41) is 0. The van der Waals surface area contributed by atoms with Gasteiger partial charge in [0.1, 0.15) is 25.6 Å². The Balaban J connectivity index is 1.59. The zero-order valence-electron chi connectivity index (χ0n) is 23.6. The van der Waals surface area contributed by atoms with Crippen molar-refractivity contribution in [2.45, 2.75) is 38.2 Å². The predicted molar refractivity (Wildman–Crippen MR) is 139 cm³/mol. The molecule has 2 aromatic rings. The molecule has 0 aromatic heterocycles. The molecule has 15 heteroatoms. The lowest BCUT2D eigenvalue weighted by molar-refractivity contribution is -0.162. The molecule has 2 atom stereocenters. The Labute approximate surface area is 247 Å². The van der Waals surface area contributed by atoms with Crippen molar-refractivity contribution in [1.29, 1.82) is 0 Å². The number of alkyl halides is 6. The Kier molecular flexibility index (Phi) is 9.37. The summed E-state index contributed by atoms with van der Waals surface area (Å²) in [6.45, 7) is -0.326. The number of ether oxygens (including phenoxy) is 1. The summed E-state index contributed by atoms with van der Waals surface area (Å²) in [6, 6.07) is 4.95. The smallest absolute Gasteiger partial charge is 0.362 e. The van der Waals surface area contributed by atoms with Gasteiger partial charge in [0.25, 0.3) is 11.8 Å². The largest absolute Gasteiger partial charge is 0.416 e. The van der Waals surface area contributed by atoms with Crippen molar-refractivity contribution in [3.8, 4) is 0 Å². The van der Waals surface area contributed by atoms with Crippen LogP contribution in [-0.2, 0) is 42.8 Å². The minimum absolute atomic E-state index is 0.00342. The normalized spacial score (nSPS) is 19.8. The van der Waals surface area contributed by atoms with Crippen molar-refractivity contribution in [2.75, 3.05) is 39.9 Å². The molecule has 4 amide bonds. The van der Waals surface area contributed by atoms with E-state index in [1.54, 1.807) is 6.92 Å². The van der Waals surface area contributed by atoms with Crippen molar-refractivity contribution in [1.82, 2.24) is 14.7 Å². The number of amides is 4. The van der Waals surface area contributed by atoms with Crippen LogP contribution in [0.25, 0.3) is 0 Å². The molecule has 0 N–H and O–H groups in total. The van der Waals surface area contributed by atoms with E-state index in [2.05, 4.69) is 0 Å². The van der Waals surface area contributed by atoms with Crippen LogP contribution in [0.1, 0.15) is 40.2 Å². The van der Waals surface area contributed by atoms with Gasteiger partial charge in [0.05, 0.1) is 11.1 Å². The van der Waals surface area contributed by atoms with Crippen molar-refractivity contribution < 1.29 is 54.6 Å². The third-order valence-corrected chi connectivity index (χ3v) is 7.70. The van der Waals surface area contributed by atoms with Gasteiger partial charge < -0.3 is 14.5 Å². The lowest BCUT2D eigenvalue weighted by Gasteiger charge is -2.40. The Hall–Kier alpha value is -4.01. The molecule has 0 spiro atoms. The third-order valence-electron chi connectivity index (χ3n) is 7.70. The molecule has 2 aliphatic heterocycles. The number of halogens is 7. The van der Waals surface area contributed by atoms with Gasteiger partial charge in [-0.25, -0.2) is 4.39 Å². The minimum Gasteiger partial charge on any atom is -0.362 e. The summed E-state index contributed by atoms with van der Waals surface area (Å²) in [4.78, 5) is 54.2. The Bertz CT molecular complexity index is 1410. The van der Waals surface area contributed by atoms with E-state index >= 15 is 0 Å². The van der Waals surface area contributed by atoms with E-state index in [4.69, 9.17) is 4.74 Å². The van der Waals surface area contributed by atoms with Crippen LogP contribution in [-0.4, -0.2) is 78.2 Å². The highest BCUT2D eigenvalue weighted by atomic mass is 19.4. The van der Waals surface area contributed by atoms with Crippen LogP contribution in [0, 0.1) is 18.7 Å². The lowest BCUT2D eigenvalue weighted by Crippen LogP contribution is -2.53. The molecule has 44 heavy (non-hydrogen) atoms. The van der Waals surface area contributed by atoms with Crippen LogP contribution in [0.5, 0.6) is 0 Å². The molecule has 0 aliphatic carbocycles. The van der Waals surface area contributed by atoms with Crippen LogP contribution in [0.2, 0.25) is 0 Å². The number of morpholine rings is 1. The Morgan fingerprint density at radius 2 is 1.55 bits per heavy atom. The fraction of sp³-hybridized carbons (Fsp3) is 0.448. The highest BCUT2D eigenvalue weighted by Gasteiger charge is 2.41. The number of benzene rings is 2. The molecule has 0 unspecified atom stereocenters. The molecule has 2 heterocycles. The summed E-state index contributed by atoms with van der Waals surface area (Å²) in [5.41, 5.74) is -2.44. The van der Waals surface area contributed by atoms with E-state index in [1.165, 1.54) is 30.1 Å². The van der Waals surface area contributed by atoms with E-state index in [0.29, 0.717) is 23.3 Å². The van der Waals surface area contributed by atoms with Gasteiger partial charge >= 0.3 is 12.4 Å². The van der Waals surface area contributed by atoms with Crippen LogP contribution in [0.3, 0.4) is 0 Å². The number of rotatable bonds is 6. The predicted octanol–water partition coefficient (Wildman–Crippen LogP) is 4.15. The fourth-order valence-electron chi connectivity index (χ4n) is 5.52. The maximum absolute atomic E-state index is 13.9. The number of hydrogen-bond donors (Lipinski definition) is 0. The van der Waals surface area contributed by atoms with Gasteiger partial charge in [-0.3, -0.25) is 24.1 Å². The van der Waals surface area contributed by atoms with Crippen molar-refractivity contribution in [3.05, 3.63) is 70.0 Å². The highest BCUT2D eigenvalue weighted by molar-refractivity contribution is 6.01. The molecule has 2 fully saturated rings. The topological polar surface area (TPSA) is 87.2 Å². The molecule has 2 saturated heterocycles. The standard InChI is InChI=1S/C29H28F7N3O5/c1-16-7-20(30)3-4-21(16)23-12-38(24(40)13-39-25(41)14-44-15-26(39)42)6-5-22(23)27(43)37(2)11-17-8-18(28(31,32)33)10-19(9-17)29(34,35)36/h3-4,7-10,22-23H,5-6,11-15H2,1-2H3/t22-,23+/m1/s1. The van der Waals surface area contributed by atoms with Gasteiger partial charge in [-0.1, -0.05) is 6.07 Å². The summed E-state index contributed by atoms with van der Waals surface area (Å²) in [6.07, 6.45) is -10.1. The number of carbonyl (C=O) groups excluding carboxylic acids is 4. The van der Waals surface area contributed by atoms with E-state index < -0.39 is 77.9 Å². The van der Waals surface area contributed by atoms with Crippen LogP contribution < -0.4 is 0 Å². The Morgan fingerprint density at radius 3 is 2.09 bits per heavy atom. The average Bonchev–Trinajstić information content (AvgIpc) is 2.93. The van der Waals surface area contributed by atoms with Gasteiger partial charge in [-0.05, 0) is 60.4 Å². The lowest BCUT2D eigenvalue weighted by atomic mass is 9.78. The molecule has 0 radical (unpaired) electrons. The molecule has 2 aromatic carbocycles. The summed E-state index contributed by atoms with van der Waals surface area (Å²) in [5.74, 6) is -4.73. The summed E-state index contributed by atoms with van der Waals surface area (Å²) < 4.78 is 99.0. The number of nitrogens with zero attached hydrogens (tertiary/aromatic N) is 3. The van der Waals surface area contributed by atoms with E-state index in [-0.39, 0.29) is 44.4 Å². The van der Waals surface area contributed by atoms with Crippen molar-refractivity contribution in [3.63, 3.8) is 0 Å². The average molecular weight is 632 g/mol. The molecule has 4 rings (SSSR count). The maximum Gasteiger partial charge on any atom is 0.416 e. The van der Waals surface area contributed by atoms with Gasteiger partial charge in [-0.2, -0.15) is 26.3 Å². The molecule has 0 saturated carbocycles. The minimum atomic E-state index is -5.06. The first-order valence-corrected chi connectivity index (χ1v) is 13.4. The van der Waals surface area contributed by atoms with Crippen molar-refractivity contribution in [2.24, 2.45) is 5.92 Å². The number of piperidine rings is 1. The van der Waals surface area contributed by atoms with Crippen LogP contribution in [0.4, 0.5) is 30.7 Å². The van der Waals surface area contributed by atoms with Crippen LogP contribution >= 0.6 is 0 Å².